The number of fused-ring (bicyclic) bond motifs is 2. The predicted octanol–water partition coefficient (Wildman–Crippen LogP) is 4.83. The zero-order chi connectivity index (χ0) is 18.3. The fraction of sp³-hybridized carbons (Fsp3) is 0.150. The Morgan fingerprint density at radius 2 is 1.65 bits per heavy atom. The first-order valence-corrected chi connectivity index (χ1v) is 10.5. The average Bonchev–Trinajstić information content (AvgIpc) is 3.10. The Balaban J connectivity index is 1.71. The molecule has 4 aromatic rings. The second-order valence-corrected chi connectivity index (χ2v) is 9.29. The van der Waals surface area contributed by atoms with E-state index < -0.39 is 10.0 Å². The maximum Gasteiger partial charge on any atom is 0.243 e. The minimum Gasteiger partial charge on any atom is -0.239 e. The van der Waals surface area contributed by atoms with Gasteiger partial charge in [-0.1, -0.05) is 42.5 Å². The number of rotatable bonds is 4. The molecule has 6 heteroatoms. The van der Waals surface area contributed by atoms with Gasteiger partial charge in [-0.25, -0.2) is 13.4 Å². The smallest absolute Gasteiger partial charge is 0.239 e. The number of hydrogen-bond donors (Lipinski definition) is 0. The lowest BCUT2D eigenvalue weighted by molar-refractivity contribution is 0.398. The van der Waals surface area contributed by atoms with E-state index in [0.717, 1.165) is 26.0 Å². The predicted molar refractivity (Wildman–Crippen MR) is 107 cm³/mol. The summed E-state index contributed by atoms with van der Waals surface area (Å²) in [4.78, 5) is 4.90. The van der Waals surface area contributed by atoms with Gasteiger partial charge in [-0.05, 0) is 42.0 Å². The van der Waals surface area contributed by atoms with Gasteiger partial charge >= 0.3 is 0 Å². The molecule has 132 valence electrons. The van der Waals surface area contributed by atoms with Gasteiger partial charge in [0, 0.05) is 7.05 Å². The number of para-hydroxylation sites is 1. The highest BCUT2D eigenvalue weighted by molar-refractivity contribution is 7.89. The molecule has 0 saturated carbocycles. The van der Waals surface area contributed by atoms with Gasteiger partial charge < -0.3 is 0 Å². The lowest BCUT2D eigenvalue weighted by Crippen LogP contribution is -2.29. The highest BCUT2D eigenvalue weighted by Gasteiger charge is 2.28. The molecule has 0 bridgehead atoms. The Kier molecular flexibility index (Phi) is 4.26. The normalized spacial score (nSPS) is 13.5. The minimum absolute atomic E-state index is 0.298. The number of nitrogens with zero attached hydrogens (tertiary/aromatic N) is 2. The molecule has 4 nitrogen and oxygen atoms in total. The van der Waals surface area contributed by atoms with Crippen LogP contribution in [-0.2, 0) is 10.0 Å². The second kappa shape index (κ2) is 6.46. The van der Waals surface area contributed by atoms with Crippen LogP contribution < -0.4 is 0 Å². The van der Waals surface area contributed by atoms with Gasteiger partial charge in [0.2, 0.25) is 10.0 Å². The highest BCUT2D eigenvalue weighted by Crippen LogP contribution is 2.32. The van der Waals surface area contributed by atoms with Crippen LogP contribution in [-0.4, -0.2) is 24.8 Å². The van der Waals surface area contributed by atoms with Gasteiger partial charge in [0.1, 0.15) is 5.01 Å². The van der Waals surface area contributed by atoms with E-state index in [0.29, 0.717) is 4.90 Å². The van der Waals surface area contributed by atoms with E-state index in [2.05, 4.69) is 4.98 Å². The topological polar surface area (TPSA) is 50.3 Å². The van der Waals surface area contributed by atoms with Gasteiger partial charge in [-0.3, -0.25) is 0 Å². The van der Waals surface area contributed by atoms with Crippen molar-refractivity contribution in [1.82, 2.24) is 9.29 Å². The Morgan fingerprint density at radius 1 is 0.962 bits per heavy atom. The van der Waals surface area contributed by atoms with Gasteiger partial charge in [-0.15, -0.1) is 11.3 Å². The van der Waals surface area contributed by atoms with E-state index >= 15 is 0 Å². The summed E-state index contributed by atoms with van der Waals surface area (Å²) in [7, 11) is -2.00. The van der Waals surface area contributed by atoms with Crippen LogP contribution in [0, 0.1) is 0 Å². The quantitative estimate of drug-likeness (QED) is 0.508. The van der Waals surface area contributed by atoms with Gasteiger partial charge in [-0.2, -0.15) is 4.31 Å². The summed E-state index contributed by atoms with van der Waals surface area (Å²) in [5.74, 6) is 0. The minimum atomic E-state index is -3.62. The SMILES string of the molecule is CC(c1nc2ccccc2s1)N(C)S(=O)(=O)c1ccc2ccccc2c1. The fourth-order valence-electron chi connectivity index (χ4n) is 2.93. The van der Waals surface area contributed by atoms with Crippen LogP contribution in [0.3, 0.4) is 0 Å². The van der Waals surface area contributed by atoms with Crippen LogP contribution in [0.4, 0.5) is 0 Å². The summed E-state index contributed by atoms with van der Waals surface area (Å²) in [6, 6.07) is 20.5. The molecule has 0 aliphatic carbocycles. The molecule has 26 heavy (non-hydrogen) atoms. The third-order valence-corrected chi connectivity index (χ3v) is 7.74. The lowest BCUT2D eigenvalue weighted by atomic mass is 10.1. The summed E-state index contributed by atoms with van der Waals surface area (Å²) in [5.41, 5.74) is 0.899. The number of thiazole rings is 1. The van der Waals surface area contributed by atoms with E-state index in [1.54, 1.807) is 19.2 Å². The standard InChI is InChI=1S/C20H18N2O2S2/c1-14(20-21-18-9-5-6-10-19(18)25-20)22(2)26(23,24)17-12-11-15-7-3-4-8-16(15)13-17/h3-14H,1-2H3. The van der Waals surface area contributed by atoms with Crippen molar-refractivity contribution in [2.75, 3.05) is 7.05 Å². The molecule has 1 atom stereocenters. The van der Waals surface area contributed by atoms with Gasteiger partial charge in [0.15, 0.2) is 0 Å². The number of hydrogen-bond acceptors (Lipinski definition) is 4. The van der Waals surface area contributed by atoms with Crippen molar-refractivity contribution >= 4 is 42.3 Å². The van der Waals surface area contributed by atoms with Crippen LogP contribution in [0.15, 0.2) is 71.6 Å². The van der Waals surface area contributed by atoms with Crippen LogP contribution >= 0.6 is 11.3 Å². The van der Waals surface area contributed by atoms with Crippen LogP contribution in [0.25, 0.3) is 21.0 Å². The number of benzene rings is 3. The van der Waals surface area contributed by atoms with Crippen molar-refractivity contribution in [1.29, 1.82) is 0 Å². The maximum absolute atomic E-state index is 13.1. The zero-order valence-electron chi connectivity index (χ0n) is 14.5. The van der Waals surface area contributed by atoms with E-state index in [1.807, 2.05) is 61.5 Å². The molecule has 0 N–H and O–H groups in total. The van der Waals surface area contributed by atoms with E-state index in [1.165, 1.54) is 15.6 Å². The van der Waals surface area contributed by atoms with Crippen molar-refractivity contribution in [2.45, 2.75) is 17.9 Å². The summed E-state index contributed by atoms with van der Waals surface area (Å²) < 4.78 is 28.7. The van der Waals surface area contributed by atoms with E-state index in [4.69, 9.17) is 0 Å². The average molecular weight is 383 g/mol. The first-order chi connectivity index (χ1) is 12.5. The van der Waals surface area contributed by atoms with Crippen molar-refractivity contribution in [2.24, 2.45) is 0 Å². The molecule has 0 saturated heterocycles. The van der Waals surface area contributed by atoms with Gasteiger partial charge in [0.25, 0.3) is 0 Å². The fourth-order valence-corrected chi connectivity index (χ4v) is 5.42. The van der Waals surface area contributed by atoms with Crippen molar-refractivity contribution in [3.05, 3.63) is 71.7 Å². The Labute approximate surface area is 156 Å². The lowest BCUT2D eigenvalue weighted by Gasteiger charge is -2.22. The van der Waals surface area contributed by atoms with Gasteiger partial charge in [0.05, 0.1) is 21.2 Å². The molecule has 0 aliphatic rings. The van der Waals surface area contributed by atoms with Crippen LogP contribution in [0.5, 0.6) is 0 Å². The molecule has 1 aromatic heterocycles. The molecule has 1 heterocycles. The maximum atomic E-state index is 13.1. The van der Waals surface area contributed by atoms with Crippen molar-refractivity contribution in [3.8, 4) is 0 Å². The van der Waals surface area contributed by atoms with Crippen LogP contribution in [0.1, 0.15) is 18.0 Å². The highest BCUT2D eigenvalue weighted by atomic mass is 32.2. The largest absolute Gasteiger partial charge is 0.243 e. The molecule has 0 amide bonds. The summed E-state index contributed by atoms with van der Waals surface area (Å²) in [6.45, 7) is 1.87. The Morgan fingerprint density at radius 3 is 2.42 bits per heavy atom. The monoisotopic (exact) mass is 382 g/mol. The Bertz CT molecular complexity index is 1170. The molecule has 4 rings (SSSR count). The van der Waals surface area contributed by atoms with E-state index in [-0.39, 0.29) is 6.04 Å². The molecule has 0 fully saturated rings. The Hall–Kier alpha value is -2.28. The zero-order valence-corrected chi connectivity index (χ0v) is 16.1. The third kappa shape index (κ3) is 2.90. The van der Waals surface area contributed by atoms with E-state index in [9.17, 15) is 8.42 Å². The number of aromatic nitrogens is 1. The van der Waals surface area contributed by atoms with Crippen molar-refractivity contribution < 1.29 is 8.42 Å². The molecule has 3 aromatic carbocycles. The summed E-state index contributed by atoms with van der Waals surface area (Å²) in [5, 5.41) is 2.72. The number of sulfonamides is 1. The molecule has 0 aliphatic heterocycles. The summed E-state index contributed by atoms with van der Waals surface area (Å²) in [6.07, 6.45) is 0. The van der Waals surface area contributed by atoms with Crippen molar-refractivity contribution in [3.63, 3.8) is 0 Å². The molecular weight excluding hydrogens is 364 g/mol. The molecule has 1 unspecified atom stereocenters. The summed E-state index contributed by atoms with van der Waals surface area (Å²) >= 11 is 1.53. The first-order valence-electron chi connectivity index (χ1n) is 8.29. The molecule has 0 spiro atoms. The third-order valence-electron chi connectivity index (χ3n) is 4.61. The first kappa shape index (κ1) is 17.1. The second-order valence-electron chi connectivity index (χ2n) is 6.23. The molecule has 0 radical (unpaired) electrons. The molecular formula is C20H18N2O2S2. The van der Waals surface area contributed by atoms with Crippen LogP contribution in [0.2, 0.25) is 0 Å².